The number of fused-ring (bicyclic) bond motifs is 1. The van der Waals surface area contributed by atoms with Gasteiger partial charge in [0.05, 0.1) is 10.6 Å². The van der Waals surface area contributed by atoms with E-state index in [2.05, 4.69) is 34.2 Å². The van der Waals surface area contributed by atoms with Crippen LogP contribution >= 0.6 is 23.1 Å². The molecular formula is C20H16N2OS2. The maximum Gasteiger partial charge on any atom is 0.260 e. The topological polar surface area (TPSA) is 45.8 Å². The van der Waals surface area contributed by atoms with Crippen LogP contribution in [0.15, 0.2) is 76.7 Å². The van der Waals surface area contributed by atoms with Crippen LogP contribution in [0.2, 0.25) is 0 Å². The zero-order valence-corrected chi connectivity index (χ0v) is 15.2. The highest BCUT2D eigenvalue weighted by Gasteiger charge is 2.18. The Hall–Kier alpha value is -2.37. The molecule has 0 radical (unpaired) electrons. The second-order valence-electron chi connectivity index (χ2n) is 5.77. The monoisotopic (exact) mass is 364 g/mol. The molecule has 0 aliphatic rings. The highest BCUT2D eigenvalue weighted by atomic mass is 32.2. The van der Waals surface area contributed by atoms with Crippen LogP contribution in [-0.2, 0) is 0 Å². The third kappa shape index (κ3) is 3.38. The molecule has 124 valence electrons. The molecule has 0 saturated heterocycles. The molecule has 2 heterocycles. The largest absolute Gasteiger partial charge is 0.301 e. The first-order valence-electron chi connectivity index (χ1n) is 7.98. The lowest BCUT2D eigenvalue weighted by molar-refractivity contribution is 0.970. The number of hydrogen-bond acceptors (Lipinski definition) is 4. The molecule has 3 nitrogen and oxygen atoms in total. The highest BCUT2D eigenvalue weighted by molar-refractivity contribution is 7.99. The lowest BCUT2D eigenvalue weighted by atomic mass is 10.0. The molecule has 0 unspecified atom stereocenters. The van der Waals surface area contributed by atoms with E-state index >= 15 is 0 Å². The van der Waals surface area contributed by atoms with Crippen molar-refractivity contribution in [3.8, 4) is 0 Å². The second kappa shape index (κ2) is 6.86. The van der Waals surface area contributed by atoms with Gasteiger partial charge in [0.25, 0.3) is 5.56 Å². The summed E-state index contributed by atoms with van der Waals surface area (Å²) in [6, 6.07) is 22.5. The van der Waals surface area contributed by atoms with E-state index in [1.165, 1.54) is 11.1 Å². The molecule has 0 saturated carbocycles. The molecule has 0 atom stereocenters. The molecule has 0 aliphatic heterocycles. The van der Waals surface area contributed by atoms with Gasteiger partial charge in [-0.2, -0.15) is 0 Å². The van der Waals surface area contributed by atoms with Crippen molar-refractivity contribution in [1.29, 1.82) is 0 Å². The van der Waals surface area contributed by atoms with Crippen LogP contribution in [0.1, 0.15) is 21.3 Å². The summed E-state index contributed by atoms with van der Waals surface area (Å²) in [5, 5.41) is 1.39. The van der Waals surface area contributed by atoms with Crippen molar-refractivity contribution in [1.82, 2.24) is 9.97 Å². The van der Waals surface area contributed by atoms with Crippen LogP contribution in [0, 0.1) is 6.92 Å². The maximum absolute atomic E-state index is 12.4. The number of thioether (sulfide) groups is 1. The van der Waals surface area contributed by atoms with Gasteiger partial charge in [0, 0.05) is 4.88 Å². The number of H-pyrrole nitrogens is 1. The molecule has 0 spiro atoms. The van der Waals surface area contributed by atoms with Crippen LogP contribution in [0.5, 0.6) is 0 Å². The van der Waals surface area contributed by atoms with Crippen molar-refractivity contribution in [2.45, 2.75) is 17.3 Å². The fraction of sp³-hybridized carbons (Fsp3) is 0.100. The fourth-order valence-corrected chi connectivity index (χ4v) is 4.83. The Morgan fingerprint density at radius 3 is 2.20 bits per heavy atom. The highest BCUT2D eigenvalue weighted by Crippen LogP contribution is 2.39. The van der Waals surface area contributed by atoms with Crippen molar-refractivity contribution in [3.63, 3.8) is 0 Å². The predicted molar refractivity (Wildman–Crippen MR) is 106 cm³/mol. The van der Waals surface area contributed by atoms with Gasteiger partial charge in [0.1, 0.15) is 4.83 Å². The molecular weight excluding hydrogens is 348 g/mol. The molecule has 2 aromatic heterocycles. The third-order valence-corrected chi connectivity index (χ3v) is 6.08. The van der Waals surface area contributed by atoms with Gasteiger partial charge in [-0.1, -0.05) is 72.4 Å². The van der Waals surface area contributed by atoms with E-state index in [9.17, 15) is 4.79 Å². The fourth-order valence-electron chi connectivity index (χ4n) is 2.78. The van der Waals surface area contributed by atoms with E-state index in [-0.39, 0.29) is 10.8 Å². The van der Waals surface area contributed by atoms with Gasteiger partial charge in [-0.15, -0.1) is 11.3 Å². The van der Waals surface area contributed by atoms with E-state index in [0.717, 1.165) is 9.71 Å². The minimum Gasteiger partial charge on any atom is -0.301 e. The average Bonchev–Trinajstić information content (AvgIpc) is 3.02. The zero-order chi connectivity index (χ0) is 17.2. The van der Waals surface area contributed by atoms with Crippen molar-refractivity contribution < 1.29 is 0 Å². The minimum absolute atomic E-state index is 0.0725. The first-order valence-corrected chi connectivity index (χ1v) is 9.67. The van der Waals surface area contributed by atoms with E-state index in [0.29, 0.717) is 10.5 Å². The minimum atomic E-state index is -0.0725. The SMILES string of the molecule is Cc1cc2c(=O)[nH]c(SC(c3ccccc3)c3ccccc3)nc2s1. The Morgan fingerprint density at radius 1 is 1.00 bits per heavy atom. The summed E-state index contributed by atoms with van der Waals surface area (Å²) < 4.78 is 0. The van der Waals surface area contributed by atoms with Crippen molar-refractivity contribution in [2.75, 3.05) is 0 Å². The van der Waals surface area contributed by atoms with Gasteiger partial charge in [0.15, 0.2) is 5.16 Å². The number of aromatic amines is 1. The van der Waals surface area contributed by atoms with Crippen LogP contribution in [0.3, 0.4) is 0 Å². The molecule has 0 fully saturated rings. The Bertz CT molecular complexity index is 1020. The van der Waals surface area contributed by atoms with E-state index in [1.807, 2.05) is 49.4 Å². The lowest BCUT2D eigenvalue weighted by Gasteiger charge is -2.17. The Balaban J connectivity index is 1.78. The van der Waals surface area contributed by atoms with Crippen molar-refractivity contribution in [3.05, 3.63) is 93.1 Å². The third-order valence-electron chi connectivity index (χ3n) is 3.94. The van der Waals surface area contributed by atoms with Crippen molar-refractivity contribution in [2.24, 2.45) is 0 Å². The van der Waals surface area contributed by atoms with Gasteiger partial charge in [-0.3, -0.25) is 4.79 Å². The number of rotatable bonds is 4. The van der Waals surface area contributed by atoms with Gasteiger partial charge >= 0.3 is 0 Å². The molecule has 5 heteroatoms. The number of aromatic nitrogens is 2. The lowest BCUT2D eigenvalue weighted by Crippen LogP contribution is -2.08. The maximum atomic E-state index is 12.4. The number of aryl methyl sites for hydroxylation is 1. The molecule has 4 rings (SSSR count). The van der Waals surface area contributed by atoms with Crippen LogP contribution < -0.4 is 5.56 Å². The first kappa shape index (κ1) is 16.1. The number of benzene rings is 2. The first-order chi connectivity index (χ1) is 12.2. The summed E-state index contributed by atoms with van der Waals surface area (Å²) in [6.45, 7) is 2.00. The summed E-state index contributed by atoms with van der Waals surface area (Å²) in [6.07, 6.45) is 0. The summed E-state index contributed by atoms with van der Waals surface area (Å²) in [5.41, 5.74) is 2.30. The Labute approximate surface area is 153 Å². The number of nitrogens with zero attached hydrogens (tertiary/aromatic N) is 1. The van der Waals surface area contributed by atoms with Gasteiger partial charge in [-0.05, 0) is 24.1 Å². The Morgan fingerprint density at radius 2 is 1.60 bits per heavy atom. The predicted octanol–water partition coefficient (Wildman–Crippen LogP) is 5.17. The molecule has 2 aromatic carbocycles. The number of nitrogens with one attached hydrogen (secondary N) is 1. The smallest absolute Gasteiger partial charge is 0.260 e. The van der Waals surface area contributed by atoms with E-state index in [1.54, 1.807) is 23.1 Å². The average molecular weight is 364 g/mol. The van der Waals surface area contributed by atoms with E-state index in [4.69, 9.17) is 0 Å². The zero-order valence-electron chi connectivity index (χ0n) is 13.6. The molecule has 1 N–H and O–H groups in total. The summed E-state index contributed by atoms with van der Waals surface area (Å²) in [4.78, 5) is 21.9. The standard InChI is InChI=1S/C20H16N2OS2/c1-13-12-16-18(23)21-20(22-19(16)24-13)25-17(14-8-4-2-5-9-14)15-10-6-3-7-11-15/h2-12,17H,1H3,(H,21,22,23). The molecule has 0 bridgehead atoms. The molecule has 0 aliphatic carbocycles. The number of hydrogen-bond donors (Lipinski definition) is 1. The summed E-state index contributed by atoms with van der Waals surface area (Å²) >= 11 is 3.13. The molecule has 4 aromatic rings. The van der Waals surface area contributed by atoms with Gasteiger partial charge < -0.3 is 4.98 Å². The quantitative estimate of drug-likeness (QED) is 0.401. The van der Waals surface area contributed by atoms with Crippen LogP contribution in [0.25, 0.3) is 10.2 Å². The van der Waals surface area contributed by atoms with Crippen molar-refractivity contribution >= 4 is 33.3 Å². The van der Waals surface area contributed by atoms with Crippen LogP contribution in [0.4, 0.5) is 0 Å². The normalized spacial score (nSPS) is 11.3. The van der Waals surface area contributed by atoms with Gasteiger partial charge in [-0.25, -0.2) is 4.98 Å². The van der Waals surface area contributed by atoms with E-state index < -0.39 is 0 Å². The summed E-state index contributed by atoms with van der Waals surface area (Å²) in [5.74, 6) is 0. The van der Waals surface area contributed by atoms with Gasteiger partial charge in [0.2, 0.25) is 0 Å². The Kier molecular flexibility index (Phi) is 4.42. The number of thiophene rings is 1. The summed E-state index contributed by atoms with van der Waals surface area (Å²) in [7, 11) is 0. The van der Waals surface area contributed by atoms with Crippen LogP contribution in [-0.4, -0.2) is 9.97 Å². The molecule has 0 amide bonds. The molecule has 25 heavy (non-hydrogen) atoms. The second-order valence-corrected chi connectivity index (χ2v) is 8.09.